The zero-order chi connectivity index (χ0) is 19.2. The molecular weight excluding hydrogens is 380 g/mol. The first-order valence-electron chi connectivity index (χ1n) is 9.49. The third kappa shape index (κ3) is 4.89. The van der Waals surface area contributed by atoms with Gasteiger partial charge in [-0.25, -0.2) is 4.79 Å². The van der Waals surface area contributed by atoms with E-state index in [2.05, 4.69) is 25.7 Å². The maximum Gasteiger partial charge on any atom is 0.427 e. The van der Waals surface area contributed by atoms with Crippen molar-refractivity contribution in [2.24, 2.45) is 0 Å². The molecule has 1 amide bonds. The monoisotopic (exact) mass is 407 g/mol. The molecule has 0 spiro atoms. The van der Waals surface area contributed by atoms with Crippen LogP contribution in [0, 0.1) is 0 Å². The Morgan fingerprint density at radius 2 is 2.00 bits per heavy atom. The van der Waals surface area contributed by atoms with Crippen molar-refractivity contribution in [3.05, 3.63) is 28.7 Å². The molecule has 146 valence electrons. The molecular formula is C20H27N2O3S2+. The van der Waals surface area contributed by atoms with Gasteiger partial charge < -0.3 is 14.4 Å². The number of benzene rings is 1. The number of fused-ring (bicyclic) bond motifs is 1. The summed E-state index contributed by atoms with van der Waals surface area (Å²) in [4.78, 5) is 16.1. The molecule has 0 N–H and O–H groups in total. The summed E-state index contributed by atoms with van der Waals surface area (Å²) in [5.41, 5.74) is 0.959. The highest BCUT2D eigenvalue weighted by atomic mass is 32.2. The molecule has 2 aliphatic heterocycles. The molecule has 0 saturated heterocycles. The highest BCUT2D eigenvalue weighted by Crippen LogP contribution is 2.36. The fourth-order valence-electron chi connectivity index (χ4n) is 3.07. The van der Waals surface area contributed by atoms with Gasteiger partial charge in [-0.1, -0.05) is 26.8 Å². The summed E-state index contributed by atoms with van der Waals surface area (Å²) in [7, 11) is 0. The number of nitrogens with zero attached hydrogens (tertiary/aromatic N) is 2. The Hall–Kier alpha value is -1.44. The quantitative estimate of drug-likeness (QED) is 0.481. The summed E-state index contributed by atoms with van der Waals surface area (Å²) in [5.74, 6) is 2.56. The Morgan fingerprint density at radius 1 is 1.22 bits per heavy atom. The van der Waals surface area contributed by atoms with E-state index in [4.69, 9.17) is 9.47 Å². The van der Waals surface area contributed by atoms with E-state index in [1.165, 1.54) is 0 Å². The molecule has 2 aliphatic rings. The maximum atomic E-state index is 13.0. The molecule has 0 radical (unpaired) electrons. The van der Waals surface area contributed by atoms with Gasteiger partial charge in [-0.15, -0.1) is 4.58 Å². The predicted molar refractivity (Wildman–Crippen MR) is 114 cm³/mol. The van der Waals surface area contributed by atoms with Crippen molar-refractivity contribution < 1.29 is 18.8 Å². The molecule has 0 aliphatic carbocycles. The molecule has 0 bridgehead atoms. The molecule has 0 unspecified atom stereocenters. The summed E-state index contributed by atoms with van der Waals surface area (Å²) in [5, 5.41) is 0. The van der Waals surface area contributed by atoms with Gasteiger partial charge in [0.15, 0.2) is 18.0 Å². The van der Waals surface area contributed by atoms with E-state index in [1.807, 2.05) is 28.9 Å². The smallest absolute Gasteiger partial charge is 0.427 e. The van der Waals surface area contributed by atoms with Crippen LogP contribution in [0.25, 0.3) is 6.08 Å². The Bertz CT molecular complexity index is 758. The van der Waals surface area contributed by atoms with E-state index < -0.39 is 0 Å². The van der Waals surface area contributed by atoms with Gasteiger partial charge in [-0.3, -0.25) is 0 Å². The Morgan fingerprint density at radius 3 is 2.74 bits per heavy atom. The summed E-state index contributed by atoms with van der Waals surface area (Å²) < 4.78 is 13.8. The van der Waals surface area contributed by atoms with Crippen LogP contribution in [0.5, 0.6) is 11.5 Å². The number of carbonyl (C=O) groups is 1. The van der Waals surface area contributed by atoms with E-state index in [0.29, 0.717) is 0 Å². The van der Waals surface area contributed by atoms with Crippen molar-refractivity contribution in [2.45, 2.75) is 27.2 Å². The molecule has 7 heteroatoms. The molecule has 1 aromatic carbocycles. The summed E-state index contributed by atoms with van der Waals surface area (Å²) >= 11 is 3.32. The van der Waals surface area contributed by atoms with Crippen molar-refractivity contribution in [3.63, 3.8) is 0 Å². The van der Waals surface area contributed by atoms with E-state index in [9.17, 15) is 4.79 Å². The molecule has 3 rings (SSSR count). The van der Waals surface area contributed by atoms with Gasteiger partial charge >= 0.3 is 5.91 Å². The average Bonchev–Trinajstić information content (AvgIpc) is 3.25. The van der Waals surface area contributed by atoms with Gasteiger partial charge in [0.2, 0.25) is 6.79 Å². The van der Waals surface area contributed by atoms with Crippen LogP contribution < -0.4 is 9.47 Å². The Kier molecular flexibility index (Phi) is 7.26. The number of hydrogen-bond donors (Lipinski definition) is 0. The summed E-state index contributed by atoms with van der Waals surface area (Å²) in [6, 6.07) is 5.79. The highest BCUT2D eigenvalue weighted by molar-refractivity contribution is 8.40. The van der Waals surface area contributed by atoms with Gasteiger partial charge in [-0.2, -0.15) is 0 Å². The van der Waals surface area contributed by atoms with Crippen LogP contribution in [0.15, 0.2) is 23.1 Å². The number of ether oxygens (including phenoxy) is 2. The normalized spacial score (nSPS) is 17.6. The lowest BCUT2D eigenvalue weighted by molar-refractivity contribution is -0.438. The van der Waals surface area contributed by atoms with Crippen molar-refractivity contribution in [2.75, 3.05) is 38.7 Å². The minimum Gasteiger partial charge on any atom is -0.454 e. The fraction of sp³-hybridized carbons (Fsp3) is 0.500. The van der Waals surface area contributed by atoms with Crippen molar-refractivity contribution >= 4 is 39.9 Å². The zero-order valence-corrected chi connectivity index (χ0v) is 17.8. The topological polar surface area (TPSA) is 41.8 Å². The number of amides is 1. The van der Waals surface area contributed by atoms with E-state index in [-0.39, 0.29) is 12.7 Å². The Labute approximate surface area is 169 Å². The third-order valence-corrected chi connectivity index (χ3v) is 6.85. The summed E-state index contributed by atoms with van der Waals surface area (Å²) in [6.07, 6.45) is 2.94. The highest BCUT2D eigenvalue weighted by Gasteiger charge is 2.37. The van der Waals surface area contributed by atoms with Crippen LogP contribution in [0.2, 0.25) is 0 Å². The predicted octanol–water partition coefficient (Wildman–Crippen LogP) is 3.88. The van der Waals surface area contributed by atoms with Crippen LogP contribution >= 0.6 is 23.5 Å². The SMILES string of the molecule is CCSC1=[N+](CCCN(CC)CC)C(=O)/C(=C/c2ccc3c(c2)OCO3)S1. The standard InChI is InChI=1S/C20H27N2O3S2/c1-4-21(5-2)10-7-11-22-19(23)18(27-20(22)26-6-3)13-15-8-9-16-17(12-15)25-14-24-16/h8-9,12-13H,4-7,10-11,14H2,1-3H3/q+1/b18-13-. The number of thioether (sulfide) groups is 2. The maximum absolute atomic E-state index is 13.0. The number of carbonyl (C=O) groups excluding carboxylic acids is 1. The molecule has 27 heavy (non-hydrogen) atoms. The van der Waals surface area contributed by atoms with Crippen molar-refractivity contribution in [1.82, 2.24) is 4.90 Å². The van der Waals surface area contributed by atoms with Crippen LogP contribution in [-0.4, -0.2) is 58.5 Å². The van der Waals surface area contributed by atoms with Crippen molar-refractivity contribution in [3.8, 4) is 11.5 Å². The van der Waals surface area contributed by atoms with Crippen LogP contribution in [0.3, 0.4) is 0 Å². The van der Waals surface area contributed by atoms with Gasteiger partial charge in [0.25, 0.3) is 4.38 Å². The third-order valence-electron chi connectivity index (χ3n) is 4.59. The van der Waals surface area contributed by atoms with Crippen LogP contribution in [0.1, 0.15) is 32.8 Å². The molecule has 0 aromatic heterocycles. The first-order chi connectivity index (χ1) is 13.2. The first kappa shape index (κ1) is 20.3. The fourth-order valence-corrected chi connectivity index (χ4v) is 5.37. The Balaban J connectivity index is 1.71. The molecule has 2 heterocycles. The molecule has 5 nitrogen and oxygen atoms in total. The lowest BCUT2D eigenvalue weighted by atomic mass is 10.2. The molecule has 0 saturated carbocycles. The molecule has 0 atom stereocenters. The number of rotatable bonds is 8. The second kappa shape index (κ2) is 9.66. The van der Waals surface area contributed by atoms with Gasteiger partial charge in [0.05, 0.1) is 0 Å². The molecule has 1 aromatic rings. The summed E-state index contributed by atoms with van der Waals surface area (Å²) in [6.45, 7) is 10.6. The minimum absolute atomic E-state index is 0.105. The minimum atomic E-state index is 0.105. The van der Waals surface area contributed by atoms with Crippen molar-refractivity contribution in [1.29, 1.82) is 0 Å². The lowest BCUT2D eigenvalue weighted by Crippen LogP contribution is -2.28. The van der Waals surface area contributed by atoms with Crippen LogP contribution in [0.4, 0.5) is 0 Å². The second-order valence-corrected chi connectivity index (χ2v) is 8.80. The first-order valence-corrected chi connectivity index (χ1v) is 11.3. The largest absolute Gasteiger partial charge is 0.454 e. The number of hydrogen-bond acceptors (Lipinski definition) is 6. The van der Waals surface area contributed by atoms with E-state index in [0.717, 1.165) is 64.7 Å². The van der Waals surface area contributed by atoms with E-state index in [1.54, 1.807) is 23.5 Å². The van der Waals surface area contributed by atoms with Gasteiger partial charge in [0, 0.05) is 18.7 Å². The van der Waals surface area contributed by atoms with Crippen LogP contribution in [-0.2, 0) is 4.79 Å². The second-order valence-electron chi connectivity index (χ2n) is 6.26. The average molecular weight is 408 g/mol. The van der Waals surface area contributed by atoms with Gasteiger partial charge in [-0.05, 0) is 60.4 Å². The van der Waals surface area contributed by atoms with E-state index >= 15 is 0 Å². The zero-order valence-electron chi connectivity index (χ0n) is 16.2. The lowest BCUT2D eigenvalue weighted by Gasteiger charge is -2.16. The molecule has 0 fully saturated rings. The van der Waals surface area contributed by atoms with Gasteiger partial charge in [0.1, 0.15) is 4.91 Å².